The summed E-state index contributed by atoms with van der Waals surface area (Å²) in [5.74, 6) is 0.405. The van der Waals surface area contributed by atoms with E-state index in [1.165, 1.54) is 0 Å². The maximum atomic E-state index is 11.6. The van der Waals surface area contributed by atoms with E-state index in [0.29, 0.717) is 12.5 Å². The van der Waals surface area contributed by atoms with Crippen molar-refractivity contribution in [3.05, 3.63) is 35.9 Å². The first kappa shape index (κ1) is 24.8. The zero-order chi connectivity index (χ0) is 22.3. The molecule has 1 N–H and O–H groups in total. The van der Waals surface area contributed by atoms with Gasteiger partial charge in [0.05, 0.1) is 5.60 Å². The molecule has 0 saturated heterocycles. The molecule has 0 unspecified atom stereocenters. The second kappa shape index (κ2) is 8.23. The lowest BCUT2D eigenvalue weighted by molar-refractivity contribution is -0.169. The van der Waals surface area contributed by atoms with Gasteiger partial charge in [-0.2, -0.15) is 0 Å². The lowest BCUT2D eigenvalue weighted by Crippen LogP contribution is -2.57. The maximum absolute atomic E-state index is 11.6. The van der Waals surface area contributed by atoms with Crippen molar-refractivity contribution in [3.63, 3.8) is 0 Å². The van der Waals surface area contributed by atoms with Crippen molar-refractivity contribution < 1.29 is 14.0 Å². The van der Waals surface area contributed by atoms with Gasteiger partial charge in [-0.1, -0.05) is 71.9 Å². The van der Waals surface area contributed by atoms with E-state index in [1.54, 1.807) is 0 Å². The molecule has 1 aliphatic rings. The highest BCUT2D eigenvalue weighted by Crippen LogP contribution is 2.52. The summed E-state index contributed by atoms with van der Waals surface area (Å²) in [5, 5.41) is 11.9. The van der Waals surface area contributed by atoms with Gasteiger partial charge in [0.1, 0.15) is 0 Å². The Morgan fingerprint density at radius 3 is 1.76 bits per heavy atom. The lowest BCUT2D eigenvalue weighted by atomic mass is 9.59. The van der Waals surface area contributed by atoms with Gasteiger partial charge in [-0.25, -0.2) is 0 Å². The maximum Gasteiger partial charge on any atom is 0.191 e. The van der Waals surface area contributed by atoms with Crippen molar-refractivity contribution in [2.24, 2.45) is 11.8 Å². The molecule has 0 amide bonds. The van der Waals surface area contributed by atoms with E-state index in [2.05, 4.69) is 67.7 Å². The number of benzene rings is 1. The molecule has 2 rings (SSSR count). The van der Waals surface area contributed by atoms with Crippen LogP contribution in [0.4, 0.5) is 0 Å². The molecule has 1 fully saturated rings. The highest BCUT2D eigenvalue weighted by molar-refractivity contribution is 6.74. The molecule has 0 heterocycles. The van der Waals surface area contributed by atoms with Gasteiger partial charge in [-0.15, -0.1) is 0 Å². The number of hydrogen-bond acceptors (Lipinski definition) is 3. The number of aliphatic hydroxyl groups is 1. The lowest BCUT2D eigenvalue weighted by Gasteiger charge is -2.54. The molecule has 0 aromatic heterocycles. The van der Waals surface area contributed by atoms with Crippen LogP contribution in [0.25, 0.3) is 0 Å². The van der Waals surface area contributed by atoms with Gasteiger partial charge in [0.15, 0.2) is 16.6 Å². The molecular formula is C24H44O3Si2. The number of hydrogen-bond donors (Lipinski definition) is 1. The summed E-state index contributed by atoms with van der Waals surface area (Å²) >= 11 is 0. The topological polar surface area (TPSA) is 38.7 Å². The highest BCUT2D eigenvalue weighted by atomic mass is 28.4. The molecule has 1 aliphatic carbocycles. The molecule has 5 heteroatoms. The third-order valence-electron chi connectivity index (χ3n) is 7.92. The van der Waals surface area contributed by atoms with Gasteiger partial charge in [0.2, 0.25) is 0 Å². The second-order valence-corrected chi connectivity index (χ2v) is 21.6. The van der Waals surface area contributed by atoms with Gasteiger partial charge in [-0.05, 0) is 54.2 Å². The van der Waals surface area contributed by atoms with Crippen LogP contribution in [0, 0.1) is 11.8 Å². The van der Waals surface area contributed by atoms with Crippen molar-refractivity contribution in [1.82, 2.24) is 0 Å². The van der Waals surface area contributed by atoms with Crippen LogP contribution in [0.15, 0.2) is 30.3 Å². The van der Waals surface area contributed by atoms with Gasteiger partial charge in [0.25, 0.3) is 0 Å². The summed E-state index contributed by atoms with van der Waals surface area (Å²) in [6.07, 6.45) is 0.747. The van der Waals surface area contributed by atoms with Crippen LogP contribution in [0.3, 0.4) is 0 Å². The fourth-order valence-corrected chi connectivity index (χ4v) is 5.57. The van der Waals surface area contributed by atoms with E-state index in [-0.39, 0.29) is 16.0 Å². The van der Waals surface area contributed by atoms with Gasteiger partial charge < -0.3 is 14.0 Å². The highest BCUT2D eigenvalue weighted by Gasteiger charge is 2.55. The first-order chi connectivity index (χ1) is 13.0. The van der Waals surface area contributed by atoms with Crippen LogP contribution in [0.2, 0.25) is 36.3 Å². The third kappa shape index (κ3) is 5.24. The second-order valence-electron chi connectivity index (χ2n) is 12.0. The first-order valence-corrected chi connectivity index (χ1v) is 16.9. The van der Waals surface area contributed by atoms with Crippen molar-refractivity contribution in [1.29, 1.82) is 0 Å². The van der Waals surface area contributed by atoms with Crippen molar-refractivity contribution in [2.45, 2.75) is 89.8 Å². The molecule has 1 aromatic rings. The Hall–Kier alpha value is -0.466. The fourth-order valence-electron chi connectivity index (χ4n) is 3.48. The fraction of sp³-hybridized carbons (Fsp3) is 0.750. The number of rotatable bonds is 7. The molecule has 0 spiro atoms. The minimum atomic E-state index is -1.88. The molecule has 0 bridgehead atoms. The van der Waals surface area contributed by atoms with E-state index in [9.17, 15) is 5.11 Å². The minimum absolute atomic E-state index is 0.0730. The van der Waals surface area contributed by atoms with Crippen LogP contribution in [0.1, 0.15) is 53.5 Å². The van der Waals surface area contributed by atoms with Gasteiger partial charge in [0, 0.05) is 19.1 Å². The average Bonchev–Trinajstić information content (AvgIpc) is 2.57. The van der Waals surface area contributed by atoms with Gasteiger partial charge in [-0.3, -0.25) is 0 Å². The van der Waals surface area contributed by atoms with E-state index in [4.69, 9.17) is 8.85 Å². The van der Waals surface area contributed by atoms with E-state index in [0.717, 1.165) is 18.6 Å². The Morgan fingerprint density at radius 1 is 0.862 bits per heavy atom. The normalized spacial score (nSPS) is 26.3. The first-order valence-electron chi connectivity index (χ1n) is 11.1. The van der Waals surface area contributed by atoms with Crippen LogP contribution < -0.4 is 0 Å². The SMILES string of the molecule is CC(C)(C)[Si](C)(C)OC[C@H]1C[C@@](O)(c2ccccc2)[C@@H]1CO[Si](C)(C)C(C)(C)C. The monoisotopic (exact) mass is 436 g/mol. The van der Waals surface area contributed by atoms with Crippen molar-refractivity contribution >= 4 is 16.6 Å². The molecule has 0 radical (unpaired) electrons. The van der Waals surface area contributed by atoms with Crippen LogP contribution >= 0.6 is 0 Å². The Balaban J connectivity index is 2.18. The Morgan fingerprint density at radius 2 is 1.31 bits per heavy atom. The molecule has 1 saturated carbocycles. The predicted molar refractivity (Wildman–Crippen MR) is 128 cm³/mol. The van der Waals surface area contributed by atoms with E-state index < -0.39 is 22.2 Å². The molecule has 29 heavy (non-hydrogen) atoms. The Kier molecular flexibility index (Phi) is 7.04. The Labute approximate surface area is 181 Å². The van der Waals surface area contributed by atoms with E-state index in [1.807, 2.05) is 30.3 Å². The van der Waals surface area contributed by atoms with Gasteiger partial charge >= 0.3 is 0 Å². The quantitative estimate of drug-likeness (QED) is 0.492. The zero-order valence-corrected chi connectivity index (χ0v) is 22.4. The third-order valence-corrected chi connectivity index (χ3v) is 16.9. The molecular weight excluding hydrogens is 392 g/mol. The molecule has 1 aromatic carbocycles. The van der Waals surface area contributed by atoms with Crippen molar-refractivity contribution in [2.75, 3.05) is 13.2 Å². The largest absolute Gasteiger partial charge is 0.417 e. The standard InChI is InChI=1S/C24H44O3Si2/c1-22(2,3)28(7,8)26-17-19-16-24(25,20-14-12-11-13-15-20)21(19)18-27-29(9,10)23(4,5)6/h11-15,19,21,25H,16-18H2,1-10H3/t19-,21-,24-/m1/s1. The summed E-state index contributed by atoms with van der Waals surface area (Å²) in [6.45, 7) is 24.1. The summed E-state index contributed by atoms with van der Waals surface area (Å²) in [7, 11) is -3.68. The van der Waals surface area contributed by atoms with Crippen LogP contribution in [-0.2, 0) is 14.5 Å². The summed E-state index contributed by atoms with van der Waals surface area (Å²) < 4.78 is 13.1. The zero-order valence-electron chi connectivity index (χ0n) is 20.4. The summed E-state index contributed by atoms with van der Waals surface area (Å²) in [4.78, 5) is 0. The summed E-state index contributed by atoms with van der Waals surface area (Å²) in [5.41, 5.74) is 0.192. The predicted octanol–water partition coefficient (Wildman–Crippen LogP) is 6.55. The minimum Gasteiger partial charge on any atom is -0.417 e. The van der Waals surface area contributed by atoms with Crippen LogP contribution in [-0.4, -0.2) is 35.0 Å². The Bertz CT molecular complexity index is 674. The van der Waals surface area contributed by atoms with Crippen molar-refractivity contribution in [3.8, 4) is 0 Å². The smallest absolute Gasteiger partial charge is 0.191 e. The average molecular weight is 437 g/mol. The molecule has 3 nitrogen and oxygen atoms in total. The molecule has 0 aliphatic heterocycles. The van der Waals surface area contributed by atoms with E-state index >= 15 is 0 Å². The summed E-state index contributed by atoms with van der Waals surface area (Å²) in [6, 6.07) is 10.1. The molecule has 3 atom stereocenters. The molecule has 166 valence electrons. The van der Waals surface area contributed by atoms with Crippen LogP contribution in [0.5, 0.6) is 0 Å².